The van der Waals surface area contributed by atoms with Gasteiger partial charge in [0.05, 0.1) is 0 Å². The Labute approximate surface area is 91.8 Å². The van der Waals surface area contributed by atoms with E-state index in [4.69, 9.17) is 0 Å². The van der Waals surface area contributed by atoms with Gasteiger partial charge in [0, 0.05) is 6.54 Å². The van der Waals surface area contributed by atoms with E-state index in [9.17, 15) is 22.4 Å². The summed E-state index contributed by atoms with van der Waals surface area (Å²) >= 11 is 0. The fourth-order valence-electron chi connectivity index (χ4n) is 0.972. The molecule has 0 aliphatic heterocycles. The molecule has 16 heavy (non-hydrogen) atoms. The molecule has 0 aliphatic carbocycles. The summed E-state index contributed by atoms with van der Waals surface area (Å²) < 4.78 is 48.3. The minimum absolute atomic E-state index is 0.0189. The summed E-state index contributed by atoms with van der Waals surface area (Å²) in [6.45, 7) is 0.732. The average molecular weight is 244 g/mol. The minimum Gasteiger partial charge on any atom is -0.351 e. The summed E-state index contributed by atoms with van der Waals surface area (Å²) in [5, 5.41) is 1.79. The Kier molecular flexibility index (Phi) is 6.32. The second-order valence-electron chi connectivity index (χ2n) is 3.69. The van der Waals surface area contributed by atoms with Crippen LogP contribution in [0.1, 0.15) is 12.8 Å². The van der Waals surface area contributed by atoms with E-state index in [1.54, 1.807) is 5.32 Å². The number of hydrogen-bond donors (Lipinski definition) is 1. The predicted molar refractivity (Wildman–Crippen MR) is 51.7 cm³/mol. The fraction of sp³-hybridized carbons (Fsp3) is 0.889. The van der Waals surface area contributed by atoms with E-state index in [-0.39, 0.29) is 6.54 Å². The van der Waals surface area contributed by atoms with Crippen LogP contribution in [0.2, 0.25) is 0 Å². The number of alkyl halides is 4. The lowest BCUT2D eigenvalue weighted by molar-refractivity contribution is -0.169. The van der Waals surface area contributed by atoms with Gasteiger partial charge in [0.25, 0.3) is 5.91 Å². The number of hydrogen-bond acceptors (Lipinski definition) is 2. The van der Waals surface area contributed by atoms with Gasteiger partial charge in [-0.05, 0) is 33.5 Å². The molecule has 0 spiro atoms. The zero-order valence-electron chi connectivity index (χ0n) is 9.27. The number of carbonyl (C=O) groups is 1. The second kappa shape index (κ2) is 6.67. The van der Waals surface area contributed by atoms with Gasteiger partial charge in [-0.1, -0.05) is 0 Å². The third kappa shape index (κ3) is 5.29. The lowest BCUT2D eigenvalue weighted by atomic mass is 10.2. The maximum atomic E-state index is 12.4. The summed E-state index contributed by atoms with van der Waals surface area (Å²) in [6, 6.07) is 0. The van der Waals surface area contributed by atoms with Crippen LogP contribution >= 0.6 is 0 Å². The zero-order valence-corrected chi connectivity index (χ0v) is 9.27. The van der Waals surface area contributed by atoms with E-state index in [2.05, 4.69) is 0 Å². The summed E-state index contributed by atoms with van der Waals surface area (Å²) in [4.78, 5) is 12.6. The molecule has 0 aromatic rings. The van der Waals surface area contributed by atoms with Crippen molar-refractivity contribution in [3.05, 3.63) is 0 Å². The highest BCUT2D eigenvalue weighted by Gasteiger charge is 2.48. The Morgan fingerprint density at radius 1 is 1.31 bits per heavy atom. The first-order valence-corrected chi connectivity index (χ1v) is 4.87. The molecule has 1 amide bonds. The van der Waals surface area contributed by atoms with Crippen molar-refractivity contribution in [2.75, 3.05) is 27.2 Å². The topological polar surface area (TPSA) is 32.3 Å². The first kappa shape index (κ1) is 15.2. The summed E-state index contributed by atoms with van der Waals surface area (Å²) in [7, 11) is 3.70. The zero-order chi connectivity index (χ0) is 12.8. The highest BCUT2D eigenvalue weighted by molar-refractivity contribution is 5.83. The SMILES string of the molecule is CN(C)CCCCNC(=O)C(F)(F)C(F)F. The van der Waals surface area contributed by atoms with Crippen molar-refractivity contribution in [3.63, 3.8) is 0 Å². The van der Waals surface area contributed by atoms with Gasteiger partial charge >= 0.3 is 12.3 Å². The quantitative estimate of drug-likeness (QED) is 0.541. The van der Waals surface area contributed by atoms with E-state index in [1.807, 2.05) is 19.0 Å². The Hall–Kier alpha value is -0.850. The average Bonchev–Trinajstić information content (AvgIpc) is 2.16. The fourth-order valence-corrected chi connectivity index (χ4v) is 0.972. The van der Waals surface area contributed by atoms with Crippen LogP contribution in [0.5, 0.6) is 0 Å². The van der Waals surface area contributed by atoms with Crippen molar-refractivity contribution in [2.45, 2.75) is 25.2 Å². The summed E-state index contributed by atoms with van der Waals surface area (Å²) in [5.41, 5.74) is 0. The van der Waals surface area contributed by atoms with Crippen LogP contribution < -0.4 is 5.32 Å². The van der Waals surface area contributed by atoms with Gasteiger partial charge in [0.1, 0.15) is 0 Å². The number of nitrogens with one attached hydrogen (secondary N) is 1. The van der Waals surface area contributed by atoms with Gasteiger partial charge in [-0.15, -0.1) is 0 Å². The lowest BCUT2D eigenvalue weighted by Gasteiger charge is -2.15. The number of halogens is 4. The van der Waals surface area contributed by atoms with E-state index in [1.165, 1.54) is 0 Å². The molecule has 0 aromatic carbocycles. The molecule has 0 unspecified atom stereocenters. The molecule has 0 bridgehead atoms. The maximum Gasteiger partial charge on any atom is 0.383 e. The molecule has 0 fully saturated rings. The van der Waals surface area contributed by atoms with E-state index < -0.39 is 18.3 Å². The van der Waals surface area contributed by atoms with Crippen LogP contribution in [0.4, 0.5) is 17.6 Å². The summed E-state index contributed by atoms with van der Waals surface area (Å²) in [6.07, 6.45) is -2.79. The largest absolute Gasteiger partial charge is 0.383 e. The number of nitrogens with zero attached hydrogens (tertiary/aromatic N) is 1. The van der Waals surface area contributed by atoms with Crippen molar-refractivity contribution in [3.8, 4) is 0 Å². The van der Waals surface area contributed by atoms with Crippen LogP contribution in [0.15, 0.2) is 0 Å². The Morgan fingerprint density at radius 3 is 2.31 bits per heavy atom. The first-order chi connectivity index (χ1) is 7.28. The standard InChI is InChI=1S/C9H16F4N2O/c1-15(2)6-4-3-5-14-8(16)9(12,13)7(10)11/h7H,3-6H2,1-2H3,(H,14,16). The Morgan fingerprint density at radius 2 is 1.88 bits per heavy atom. The van der Waals surface area contributed by atoms with Gasteiger partial charge in [-0.25, -0.2) is 8.78 Å². The third-order valence-corrected chi connectivity index (χ3v) is 1.89. The molecule has 0 rings (SSSR count). The van der Waals surface area contributed by atoms with Gasteiger partial charge in [-0.2, -0.15) is 8.78 Å². The van der Waals surface area contributed by atoms with Crippen LogP contribution in [0, 0.1) is 0 Å². The van der Waals surface area contributed by atoms with Crippen LogP contribution in [0.3, 0.4) is 0 Å². The normalized spacial score (nSPS) is 12.2. The molecule has 0 aromatic heterocycles. The molecule has 0 aliphatic rings. The molecule has 1 N–H and O–H groups in total. The molecule has 96 valence electrons. The van der Waals surface area contributed by atoms with Crippen molar-refractivity contribution in [2.24, 2.45) is 0 Å². The molecular weight excluding hydrogens is 228 g/mol. The molecule has 7 heteroatoms. The molecule has 0 heterocycles. The monoisotopic (exact) mass is 244 g/mol. The van der Waals surface area contributed by atoms with Crippen LogP contribution in [-0.2, 0) is 4.79 Å². The molecule has 0 saturated heterocycles. The molecule has 0 radical (unpaired) electrons. The third-order valence-electron chi connectivity index (χ3n) is 1.89. The Bertz CT molecular complexity index is 222. The predicted octanol–water partition coefficient (Wildman–Crippen LogP) is 1.34. The molecule has 3 nitrogen and oxygen atoms in total. The van der Waals surface area contributed by atoms with Gasteiger partial charge in [0.15, 0.2) is 0 Å². The highest BCUT2D eigenvalue weighted by Crippen LogP contribution is 2.22. The van der Waals surface area contributed by atoms with Gasteiger partial charge in [-0.3, -0.25) is 4.79 Å². The van der Waals surface area contributed by atoms with E-state index >= 15 is 0 Å². The van der Waals surface area contributed by atoms with Gasteiger partial charge in [0.2, 0.25) is 0 Å². The van der Waals surface area contributed by atoms with Crippen molar-refractivity contribution < 1.29 is 22.4 Å². The van der Waals surface area contributed by atoms with Crippen molar-refractivity contribution >= 4 is 5.91 Å². The minimum atomic E-state index is -4.60. The maximum absolute atomic E-state index is 12.4. The molecule has 0 atom stereocenters. The smallest absolute Gasteiger partial charge is 0.351 e. The second-order valence-corrected chi connectivity index (χ2v) is 3.69. The molecule has 0 saturated carbocycles. The van der Waals surface area contributed by atoms with Crippen molar-refractivity contribution in [1.82, 2.24) is 10.2 Å². The van der Waals surface area contributed by atoms with E-state index in [0.717, 1.165) is 6.54 Å². The number of amides is 1. The number of unbranched alkanes of at least 4 members (excludes halogenated alkanes) is 1. The number of rotatable bonds is 7. The number of carbonyl (C=O) groups excluding carboxylic acids is 1. The first-order valence-electron chi connectivity index (χ1n) is 4.87. The van der Waals surface area contributed by atoms with Crippen molar-refractivity contribution in [1.29, 1.82) is 0 Å². The van der Waals surface area contributed by atoms with Crippen LogP contribution in [0.25, 0.3) is 0 Å². The lowest BCUT2D eigenvalue weighted by Crippen LogP contribution is -2.45. The van der Waals surface area contributed by atoms with Gasteiger partial charge < -0.3 is 10.2 Å². The highest BCUT2D eigenvalue weighted by atomic mass is 19.3. The summed E-state index contributed by atoms with van der Waals surface area (Å²) in [5.74, 6) is -6.51. The Balaban J connectivity index is 3.74. The van der Waals surface area contributed by atoms with Crippen LogP contribution in [-0.4, -0.2) is 50.3 Å². The molecular formula is C9H16F4N2O. The van der Waals surface area contributed by atoms with E-state index in [0.29, 0.717) is 12.8 Å².